The summed E-state index contributed by atoms with van der Waals surface area (Å²) < 4.78 is 52.7. The third kappa shape index (κ3) is 3.74. The summed E-state index contributed by atoms with van der Waals surface area (Å²) in [6.45, 7) is 0. The summed E-state index contributed by atoms with van der Waals surface area (Å²) in [6.07, 6.45) is 0. The van der Waals surface area contributed by atoms with Crippen LogP contribution in [-0.2, 0) is 9.84 Å². The van der Waals surface area contributed by atoms with Crippen molar-refractivity contribution in [2.45, 2.75) is 10.7 Å². The number of nitrogens with zero attached hydrogens (tertiary/aromatic N) is 1. The molecule has 122 valence electrons. The third-order valence-corrected chi connectivity index (χ3v) is 4.37. The first-order chi connectivity index (χ1) is 10.7. The van der Waals surface area contributed by atoms with Gasteiger partial charge in [0.2, 0.25) is 15.6 Å². The Morgan fingerprint density at radius 2 is 1.74 bits per heavy atom. The molecular weight excluding hydrogens is 356 g/mol. The van der Waals surface area contributed by atoms with Crippen LogP contribution in [0.5, 0.6) is 11.5 Å². The lowest BCUT2D eigenvalue weighted by molar-refractivity contribution is -0.385. The van der Waals surface area contributed by atoms with Crippen molar-refractivity contribution in [3.63, 3.8) is 0 Å². The Hall–Kier alpha value is -2.26. The Balaban J connectivity index is 2.31. The van der Waals surface area contributed by atoms with Crippen molar-refractivity contribution in [2.75, 3.05) is 0 Å². The molecule has 6 nitrogen and oxygen atoms in total. The van der Waals surface area contributed by atoms with E-state index < -0.39 is 25.4 Å². The summed E-state index contributed by atoms with van der Waals surface area (Å²) in [5, 5.41) is 11.1. The molecule has 0 amide bonds. The first-order valence-corrected chi connectivity index (χ1v) is 7.88. The molecule has 0 fully saturated rings. The zero-order valence-corrected chi connectivity index (χ0v) is 12.7. The van der Waals surface area contributed by atoms with Crippen LogP contribution in [0.3, 0.4) is 0 Å². The van der Waals surface area contributed by atoms with Crippen molar-refractivity contribution >= 4 is 27.1 Å². The molecule has 0 radical (unpaired) electrons. The van der Waals surface area contributed by atoms with Gasteiger partial charge in [0.25, 0.3) is 0 Å². The van der Waals surface area contributed by atoms with Crippen LogP contribution in [0.1, 0.15) is 0 Å². The van der Waals surface area contributed by atoms with Gasteiger partial charge in [0, 0.05) is 11.1 Å². The van der Waals surface area contributed by atoms with Crippen LogP contribution in [0.25, 0.3) is 0 Å². The highest BCUT2D eigenvalue weighted by molar-refractivity contribution is 7.91. The van der Waals surface area contributed by atoms with Gasteiger partial charge in [-0.05, 0) is 36.4 Å². The van der Waals surface area contributed by atoms with Crippen LogP contribution >= 0.6 is 11.6 Å². The predicted octanol–water partition coefficient (Wildman–Crippen LogP) is 4.04. The lowest BCUT2D eigenvalue weighted by Gasteiger charge is -2.08. The van der Waals surface area contributed by atoms with Gasteiger partial charge in [0.1, 0.15) is 5.75 Å². The van der Waals surface area contributed by atoms with Gasteiger partial charge >= 0.3 is 11.4 Å². The van der Waals surface area contributed by atoms with Crippen molar-refractivity contribution in [1.82, 2.24) is 0 Å². The molecule has 23 heavy (non-hydrogen) atoms. The number of rotatable bonds is 5. The van der Waals surface area contributed by atoms with E-state index in [-0.39, 0.29) is 22.2 Å². The Bertz CT molecular complexity index is 840. The minimum absolute atomic E-state index is 0.0450. The topological polar surface area (TPSA) is 86.5 Å². The Morgan fingerprint density at radius 3 is 2.26 bits per heavy atom. The van der Waals surface area contributed by atoms with E-state index in [1.54, 1.807) is 0 Å². The lowest BCUT2D eigenvalue weighted by atomic mass is 10.3. The second-order valence-corrected chi connectivity index (χ2v) is 6.60. The predicted molar refractivity (Wildman–Crippen MR) is 77.8 cm³/mol. The summed E-state index contributed by atoms with van der Waals surface area (Å²) in [6, 6.07) is 7.83. The Morgan fingerprint density at radius 1 is 1.13 bits per heavy atom. The second kappa shape index (κ2) is 6.47. The minimum atomic E-state index is -4.71. The minimum Gasteiger partial charge on any atom is -0.450 e. The highest BCUT2D eigenvalue weighted by Gasteiger charge is 2.26. The van der Waals surface area contributed by atoms with Crippen LogP contribution in [0.2, 0.25) is 5.02 Å². The van der Waals surface area contributed by atoms with Crippen molar-refractivity contribution in [2.24, 2.45) is 0 Å². The molecule has 0 atom stereocenters. The lowest BCUT2D eigenvalue weighted by Crippen LogP contribution is -2.11. The quantitative estimate of drug-likeness (QED) is 0.591. The fraction of sp³-hybridized carbons (Fsp3) is 0.0769. The molecule has 0 spiro atoms. The molecule has 10 heteroatoms. The molecular formula is C13H8ClF2NO5S. The number of nitro benzene ring substituents is 1. The van der Waals surface area contributed by atoms with Crippen molar-refractivity contribution in [1.29, 1.82) is 0 Å². The first-order valence-electron chi connectivity index (χ1n) is 5.95. The van der Waals surface area contributed by atoms with Crippen LogP contribution in [0.4, 0.5) is 14.5 Å². The third-order valence-electron chi connectivity index (χ3n) is 2.73. The Labute approximate surface area is 134 Å². The molecule has 2 aromatic carbocycles. The smallest absolute Gasteiger partial charge is 0.341 e. The van der Waals surface area contributed by atoms with E-state index in [4.69, 9.17) is 16.3 Å². The number of nitro groups is 1. The van der Waals surface area contributed by atoms with Crippen molar-refractivity contribution < 1.29 is 26.9 Å². The zero-order valence-electron chi connectivity index (χ0n) is 11.1. The van der Waals surface area contributed by atoms with Crippen LogP contribution in [-0.4, -0.2) is 19.1 Å². The summed E-state index contributed by atoms with van der Waals surface area (Å²) >= 11 is 5.67. The summed E-state index contributed by atoms with van der Waals surface area (Å²) in [5.74, 6) is -3.61. The number of sulfone groups is 1. The molecule has 0 saturated carbocycles. The molecule has 2 rings (SSSR count). The molecule has 0 aliphatic heterocycles. The van der Waals surface area contributed by atoms with Crippen LogP contribution < -0.4 is 4.74 Å². The van der Waals surface area contributed by atoms with E-state index in [0.717, 1.165) is 30.3 Å². The van der Waals surface area contributed by atoms with E-state index >= 15 is 0 Å². The molecule has 0 N–H and O–H groups in total. The molecule has 0 saturated heterocycles. The van der Waals surface area contributed by atoms with Gasteiger partial charge in [-0.1, -0.05) is 11.6 Å². The second-order valence-electron chi connectivity index (χ2n) is 4.25. The maximum Gasteiger partial charge on any atom is 0.341 e. The number of alkyl halides is 2. The molecule has 0 aromatic heterocycles. The number of benzene rings is 2. The normalized spacial score (nSPS) is 11.5. The van der Waals surface area contributed by atoms with Crippen molar-refractivity contribution in [3.8, 4) is 11.5 Å². The standard InChI is InChI=1S/C13H8ClF2NO5S/c14-8-1-6-12(11(7-8)17(18)19)22-9-2-4-10(5-3-9)23(20,21)13(15)16/h1-7,13H. The first kappa shape index (κ1) is 17.1. The number of halogens is 3. The molecule has 0 bridgehead atoms. The zero-order chi connectivity index (χ0) is 17.2. The van der Waals surface area contributed by atoms with Crippen LogP contribution in [0, 0.1) is 10.1 Å². The van der Waals surface area contributed by atoms with E-state index in [2.05, 4.69) is 0 Å². The average molecular weight is 364 g/mol. The number of ether oxygens (including phenoxy) is 1. The fourth-order valence-electron chi connectivity index (χ4n) is 1.65. The fourth-order valence-corrected chi connectivity index (χ4v) is 2.53. The van der Waals surface area contributed by atoms with Crippen molar-refractivity contribution in [3.05, 3.63) is 57.6 Å². The summed E-state index contributed by atoms with van der Waals surface area (Å²) in [7, 11) is -4.71. The summed E-state index contributed by atoms with van der Waals surface area (Å²) in [5.41, 5.74) is -0.387. The van der Waals surface area contributed by atoms with Gasteiger partial charge in [-0.2, -0.15) is 8.78 Å². The highest BCUT2D eigenvalue weighted by atomic mass is 35.5. The Kier molecular flexibility index (Phi) is 4.81. The maximum absolute atomic E-state index is 12.4. The number of hydrogen-bond donors (Lipinski definition) is 0. The SMILES string of the molecule is O=[N+]([O-])c1cc(Cl)ccc1Oc1ccc(S(=O)(=O)C(F)F)cc1. The van der Waals surface area contributed by atoms with Crippen LogP contribution in [0.15, 0.2) is 47.4 Å². The van der Waals surface area contributed by atoms with E-state index in [1.807, 2.05) is 0 Å². The maximum atomic E-state index is 12.4. The molecule has 2 aromatic rings. The van der Waals surface area contributed by atoms with Gasteiger partial charge in [-0.25, -0.2) is 8.42 Å². The van der Waals surface area contributed by atoms with E-state index in [1.165, 1.54) is 12.1 Å². The molecule has 0 aliphatic rings. The largest absolute Gasteiger partial charge is 0.450 e. The molecule has 0 aliphatic carbocycles. The molecule has 0 heterocycles. The van der Waals surface area contributed by atoms with Gasteiger partial charge < -0.3 is 4.74 Å². The monoisotopic (exact) mass is 363 g/mol. The average Bonchev–Trinajstić information content (AvgIpc) is 2.49. The van der Waals surface area contributed by atoms with E-state index in [0.29, 0.717) is 0 Å². The van der Waals surface area contributed by atoms with Gasteiger partial charge in [0.15, 0.2) is 0 Å². The van der Waals surface area contributed by atoms with Gasteiger partial charge in [-0.15, -0.1) is 0 Å². The molecule has 0 unspecified atom stereocenters. The van der Waals surface area contributed by atoms with E-state index in [9.17, 15) is 27.3 Å². The number of hydrogen-bond acceptors (Lipinski definition) is 5. The van der Waals surface area contributed by atoms with Gasteiger partial charge in [0.05, 0.1) is 9.82 Å². The highest BCUT2D eigenvalue weighted by Crippen LogP contribution is 2.34. The van der Waals surface area contributed by atoms with Gasteiger partial charge in [-0.3, -0.25) is 10.1 Å². The summed E-state index contributed by atoms with van der Waals surface area (Å²) in [4.78, 5) is 9.65.